The average molecular weight is 415 g/mol. The summed E-state index contributed by atoms with van der Waals surface area (Å²) >= 11 is 0. The molecule has 0 amide bonds. The number of hydrogen-bond donors (Lipinski definition) is 3. The Bertz CT molecular complexity index is 701. The van der Waals surface area contributed by atoms with Gasteiger partial charge in [0.1, 0.15) is 12.4 Å². The second kappa shape index (κ2) is 16.3. The summed E-state index contributed by atoms with van der Waals surface area (Å²) in [5, 5.41) is 28.4. The molecule has 2 atom stereocenters. The van der Waals surface area contributed by atoms with Crippen LogP contribution in [0.1, 0.15) is 38.2 Å². The number of ether oxygens (including phenoxy) is 1. The minimum Gasteiger partial charge on any atom is -0.493 e. The van der Waals surface area contributed by atoms with Crippen molar-refractivity contribution in [1.82, 2.24) is 0 Å². The van der Waals surface area contributed by atoms with Crippen LogP contribution in [0.2, 0.25) is 0 Å². The fourth-order valence-electron chi connectivity index (χ4n) is 2.50. The summed E-state index contributed by atoms with van der Waals surface area (Å²) in [6.07, 6.45) is 16.5. The van der Waals surface area contributed by atoms with E-state index in [-0.39, 0.29) is 5.78 Å². The molecule has 0 fully saturated rings. The Labute approximate surface area is 179 Å². The molecule has 0 heterocycles. The highest BCUT2D eigenvalue weighted by Crippen LogP contribution is 2.14. The Balaban J connectivity index is 2.23. The number of hydrogen-bond acceptors (Lipinski definition) is 5. The van der Waals surface area contributed by atoms with Gasteiger partial charge in [0.15, 0.2) is 5.78 Å². The van der Waals surface area contributed by atoms with Crippen molar-refractivity contribution < 1.29 is 24.9 Å². The van der Waals surface area contributed by atoms with Gasteiger partial charge in [-0.1, -0.05) is 67.7 Å². The van der Waals surface area contributed by atoms with Crippen LogP contribution in [0.4, 0.5) is 0 Å². The van der Waals surface area contributed by atoms with Crippen LogP contribution in [0, 0.1) is 0 Å². The van der Waals surface area contributed by atoms with E-state index in [0.29, 0.717) is 38.0 Å². The first-order valence-corrected chi connectivity index (χ1v) is 10.4. The van der Waals surface area contributed by atoms with Gasteiger partial charge in [0, 0.05) is 12.8 Å². The summed E-state index contributed by atoms with van der Waals surface area (Å²) in [6, 6.07) is 7.46. The first-order chi connectivity index (χ1) is 14.5. The average Bonchev–Trinajstić information content (AvgIpc) is 2.75. The smallest absolute Gasteiger partial charge is 0.158 e. The van der Waals surface area contributed by atoms with Crippen molar-refractivity contribution in [2.45, 2.75) is 51.2 Å². The summed E-state index contributed by atoms with van der Waals surface area (Å²) < 4.78 is 5.63. The minimum absolute atomic E-state index is 0.166. The van der Waals surface area contributed by atoms with Crippen molar-refractivity contribution in [1.29, 1.82) is 0 Å². The molecule has 30 heavy (non-hydrogen) atoms. The van der Waals surface area contributed by atoms with Crippen LogP contribution in [-0.4, -0.2) is 46.5 Å². The van der Waals surface area contributed by atoms with Gasteiger partial charge in [-0.3, -0.25) is 4.79 Å². The minimum atomic E-state index is -0.604. The van der Waals surface area contributed by atoms with E-state index >= 15 is 0 Å². The third kappa shape index (κ3) is 12.9. The summed E-state index contributed by atoms with van der Waals surface area (Å²) in [5.74, 6) is 0.543. The topological polar surface area (TPSA) is 87.0 Å². The van der Waals surface area contributed by atoms with Crippen molar-refractivity contribution >= 4 is 5.78 Å². The SMILES string of the molecule is CC/C=C\C[C@H](O)/C=C/C=C\C=C\[C@@H](O)CCOc1ccc(CCC(=O)CO)cc1. The number of aliphatic hydroxyl groups is 3. The van der Waals surface area contributed by atoms with Gasteiger partial charge in [-0.15, -0.1) is 0 Å². The van der Waals surface area contributed by atoms with Crippen LogP contribution in [0.5, 0.6) is 5.75 Å². The highest BCUT2D eigenvalue weighted by Gasteiger charge is 2.02. The quantitative estimate of drug-likeness (QED) is 0.301. The number of ketones is 1. The van der Waals surface area contributed by atoms with Gasteiger partial charge < -0.3 is 20.1 Å². The zero-order chi connectivity index (χ0) is 22.0. The fraction of sp³-hybridized carbons (Fsp3) is 0.400. The van der Waals surface area contributed by atoms with Gasteiger partial charge in [0.2, 0.25) is 0 Å². The maximum Gasteiger partial charge on any atom is 0.158 e. The molecular weight excluding hydrogens is 380 g/mol. The normalized spacial score (nSPS) is 14.3. The molecule has 0 bridgehead atoms. The maximum atomic E-state index is 11.1. The first-order valence-electron chi connectivity index (χ1n) is 10.4. The van der Waals surface area contributed by atoms with E-state index in [1.54, 1.807) is 30.4 Å². The van der Waals surface area contributed by atoms with Crippen molar-refractivity contribution in [2.24, 2.45) is 0 Å². The largest absolute Gasteiger partial charge is 0.493 e. The van der Waals surface area contributed by atoms with E-state index in [0.717, 1.165) is 12.0 Å². The zero-order valence-electron chi connectivity index (χ0n) is 17.7. The van der Waals surface area contributed by atoms with Crippen molar-refractivity contribution in [3.05, 3.63) is 78.4 Å². The van der Waals surface area contributed by atoms with Gasteiger partial charge in [0.05, 0.1) is 18.8 Å². The van der Waals surface area contributed by atoms with E-state index in [1.807, 2.05) is 42.5 Å². The number of aliphatic hydroxyl groups excluding tert-OH is 3. The van der Waals surface area contributed by atoms with Gasteiger partial charge in [0.25, 0.3) is 0 Å². The summed E-state index contributed by atoms with van der Waals surface area (Å²) in [6.45, 7) is 2.03. The predicted octanol–water partition coefficient (Wildman–Crippen LogP) is 3.70. The molecule has 0 saturated heterocycles. The first kappa shape index (κ1) is 25.6. The lowest BCUT2D eigenvalue weighted by molar-refractivity contribution is -0.121. The van der Waals surface area contributed by atoms with Crippen molar-refractivity contribution in [3.8, 4) is 5.75 Å². The molecule has 0 unspecified atom stereocenters. The van der Waals surface area contributed by atoms with E-state index in [1.165, 1.54) is 0 Å². The molecular formula is C25H34O5. The second-order valence-electron chi connectivity index (χ2n) is 6.88. The molecule has 5 heteroatoms. The molecule has 1 rings (SSSR count). The van der Waals surface area contributed by atoms with Gasteiger partial charge in [-0.25, -0.2) is 0 Å². The lowest BCUT2D eigenvalue weighted by Crippen LogP contribution is -2.09. The molecule has 3 N–H and O–H groups in total. The van der Waals surface area contributed by atoms with E-state index in [2.05, 4.69) is 6.92 Å². The summed E-state index contributed by atoms with van der Waals surface area (Å²) in [5.41, 5.74) is 1.01. The Morgan fingerprint density at radius 1 is 1.00 bits per heavy atom. The maximum absolute atomic E-state index is 11.1. The molecule has 1 aromatic carbocycles. The van der Waals surface area contributed by atoms with Crippen LogP contribution in [0.3, 0.4) is 0 Å². The third-order valence-corrected chi connectivity index (χ3v) is 4.25. The molecule has 0 radical (unpaired) electrons. The fourth-order valence-corrected chi connectivity index (χ4v) is 2.50. The molecule has 0 aromatic heterocycles. The third-order valence-electron chi connectivity index (χ3n) is 4.25. The summed E-state index contributed by atoms with van der Waals surface area (Å²) in [7, 11) is 0. The highest BCUT2D eigenvalue weighted by atomic mass is 16.5. The molecule has 0 aliphatic carbocycles. The number of rotatable bonds is 15. The highest BCUT2D eigenvalue weighted by molar-refractivity contribution is 5.79. The van der Waals surface area contributed by atoms with Crippen LogP contribution in [0.15, 0.2) is 72.9 Å². The number of allylic oxidation sites excluding steroid dienone is 5. The standard InChI is InChI=1S/C25H34O5/c1-2-3-6-9-22(27)10-7-4-5-8-11-23(28)18-19-30-25-16-13-21(14-17-25)12-15-24(29)20-26/h3-8,10-11,13-14,16-17,22-23,26-28H,2,9,12,15,18-20H2,1H3/b5-4-,6-3-,10-7+,11-8+/t22-,23+/m0/s1. The lowest BCUT2D eigenvalue weighted by Gasteiger charge is -2.09. The van der Waals surface area contributed by atoms with Crippen LogP contribution in [-0.2, 0) is 11.2 Å². The van der Waals surface area contributed by atoms with Crippen molar-refractivity contribution in [3.63, 3.8) is 0 Å². The van der Waals surface area contributed by atoms with Crippen LogP contribution < -0.4 is 4.74 Å². The molecule has 0 saturated carbocycles. The van der Waals surface area contributed by atoms with Crippen molar-refractivity contribution in [2.75, 3.05) is 13.2 Å². The molecule has 0 aliphatic heterocycles. The second-order valence-corrected chi connectivity index (χ2v) is 6.88. The van der Waals surface area contributed by atoms with Gasteiger partial charge in [-0.2, -0.15) is 0 Å². The molecule has 1 aromatic rings. The predicted molar refractivity (Wildman–Crippen MR) is 120 cm³/mol. The summed E-state index contributed by atoms with van der Waals surface area (Å²) in [4.78, 5) is 11.1. The van der Waals surface area contributed by atoms with Crippen LogP contribution in [0.25, 0.3) is 0 Å². The van der Waals surface area contributed by atoms with Gasteiger partial charge >= 0.3 is 0 Å². The number of benzene rings is 1. The van der Waals surface area contributed by atoms with Gasteiger partial charge in [-0.05, 0) is 37.0 Å². The van der Waals surface area contributed by atoms with E-state index in [9.17, 15) is 15.0 Å². The molecule has 164 valence electrons. The number of carbonyl (C=O) groups excluding carboxylic acids is 1. The number of Topliss-reactive ketones (excluding diaryl/α,β-unsaturated/α-hetero) is 1. The monoisotopic (exact) mass is 414 g/mol. The van der Waals surface area contributed by atoms with E-state index < -0.39 is 18.8 Å². The van der Waals surface area contributed by atoms with Crippen LogP contribution >= 0.6 is 0 Å². The Kier molecular flexibility index (Phi) is 13.9. The zero-order valence-corrected chi connectivity index (χ0v) is 17.7. The Hall–Kier alpha value is -2.47. The Morgan fingerprint density at radius 2 is 1.67 bits per heavy atom. The number of aryl methyl sites for hydroxylation is 1. The van der Waals surface area contributed by atoms with E-state index in [4.69, 9.17) is 9.84 Å². The number of carbonyl (C=O) groups is 1. The molecule has 5 nitrogen and oxygen atoms in total. The Morgan fingerprint density at radius 3 is 2.30 bits per heavy atom. The lowest BCUT2D eigenvalue weighted by atomic mass is 10.1. The molecule has 0 aliphatic rings. The molecule has 0 spiro atoms.